The number of benzene rings is 1. The summed E-state index contributed by atoms with van der Waals surface area (Å²) in [6.07, 6.45) is 1.62. The van der Waals surface area contributed by atoms with Gasteiger partial charge in [0.05, 0.1) is 32.8 Å². The van der Waals surface area contributed by atoms with Crippen molar-refractivity contribution < 1.29 is 28.7 Å². The molecule has 1 aliphatic heterocycles. The van der Waals surface area contributed by atoms with Crippen molar-refractivity contribution in [2.45, 2.75) is 32.7 Å². The smallest absolute Gasteiger partial charge is 0.295 e. The number of aliphatic hydroxyl groups excluding tert-OH is 1. The molecule has 1 aliphatic rings. The van der Waals surface area contributed by atoms with E-state index >= 15 is 0 Å². The summed E-state index contributed by atoms with van der Waals surface area (Å²) in [6, 6.07) is 9.66. The summed E-state index contributed by atoms with van der Waals surface area (Å²) in [5.41, 5.74) is 0.506. The summed E-state index contributed by atoms with van der Waals surface area (Å²) in [4.78, 5) is 28.6. The Balaban J connectivity index is 1.98. The minimum atomic E-state index is -0.748. The van der Waals surface area contributed by atoms with Gasteiger partial charge in [0.25, 0.3) is 11.7 Å². The number of ketones is 1. The first kappa shape index (κ1) is 22.6. The molecule has 0 unspecified atom stereocenters. The van der Waals surface area contributed by atoms with Gasteiger partial charge in [-0.05, 0) is 49.7 Å². The van der Waals surface area contributed by atoms with Gasteiger partial charge >= 0.3 is 0 Å². The molecular weight excluding hydrogens is 396 g/mol. The summed E-state index contributed by atoms with van der Waals surface area (Å²) in [5, 5.41) is 11.0. The van der Waals surface area contributed by atoms with E-state index in [0.29, 0.717) is 36.0 Å². The van der Waals surface area contributed by atoms with Crippen molar-refractivity contribution in [2.24, 2.45) is 0 Å². The normalized spacial score (nSPS) is 18.2. The third kappa shape index (κ3) is 4.99. The van der Waals surface area contributed by atoms with Crippen molar-refractivity contribution in [1.29, 1.82) is 0 Å². The third-order valence-corrected chi connectivity index (χ3v) is 5.25. The number of aryl methyl sites for hydroxylation is 1. The van der Waals surface area contributed by atoms with Crippen molar-refractivity contribution >= 4 is 17.4 Å². The lowest BCUT2D eigenvalue weighted by Crippen LogP contribution is -3.05. The lowest BCUT2D eigenvalue weighted by Gasteiger charge is -2.23. The molecule has 0 saturated carbocycles. The first-order chi connectivity index (χ1) is 14.8. The summed E-state index contributed by atoms with van der Waals surface area (Å²) < 4.78 is 11.4. The topological polar surface area (TPSA) is 84.4 Å². The Hall–Kier alpha value is -3.06. The number of hydrogen-bond acceptors (Lipinski definition) is 5. The Bertz CT molecular complexity index is 959. The highest BCUT2D eigenvalue weighted by Gasteiger charge is 2.47. The zero-order chi connectivity index (χ0) is 22.5. The first-order valence-electron chi connectivity index (χ1n) is 10.7. The highest BCUT2D eigenvalue weighted by atomic mass is 16.5. The van der Waals surface area contributed by atoms with Gasteiger partial charge in [-0.25, -0.2) is 0 Å². The number of rotatable bonds is 9. The quantitative estimate of drug-likeness (QED) is 0.365. The number of carbonyl (C=O) groups is 2. The van der Waals surface area contributed by atoms with E-state index in [1.54, 1.807) is 43.3 Å². The summed E-state index contributed by atoms with van der Waals surface area (Å²) in [7, 11) is 4.07. The highest BCUT2D eigenvalue weighted by molar-refractivity contribution is 6.46. The Labute approximate surface area is 182 Å². The Kier molecular flexibility index (Phi) is 7.17. The van der Waals surface area contributed by atoms with Crippen LogP contribution in [-0.4, -0.2) is 55.5 Å². The molecule has 2 N–H and O–H groups in total. The maximum absolute atomic E-state index is 12.9. The number of Topliss-reactive ketones (excluding diaryl/α,β-unsaturated/α-hetero) is 1. The van der Waals surface area contributed by atoms with Gasteiger partial charge in [0.2, 0.25) is 0 Å². The summed E-state index contributed by atoms with van der Waals surface area (Å²) in [5.74, 6) is 0.315. The largest absolute Gasteiger partial charge is 0.507 e. The van der Waals surface area contributed by atoms with Crippen LogP contribution in [0.5, 0.6) is 5.75 Å². The van der Waals surface area contributed by atoms with Crippen LogP contribution in [-0.2, 0) is 9.59 Å². The average molecular weight is 428 g/mol. The van der Waals surface area contributed by atoms with Crippen LogP contribution in [0.15, 0.2) is 46.4 Å². The SMILES string of the molecule is CCCOc1ccc(C(O)=C2C(=O)C(=O)N(CCC[NH+](C)C)[C@@H]2c2ccc(C)o2)cc1. The zero-order valence-corrected chi connectivity index (χ0v) is 18.6. The van der Waals surface area contributed by atoms with Gasteiger partial charge in [-0.1, -0.05) is 6.92 Å². The van der Waals surface area contributed by atoms with Gasteiger partial charge in [0.15, 0.2) is 0 Å². The molecule has 2 aromatic rings. The van der Waals surface area contributed by atoms with Crippen LogP contribution in [0.25, 0.3) is 5.76 Å². The monoisotopic (exact) mass is 427 g/mol. The fourth-order valence-corrected chi connectivity index (χ4v) is 3.69. The minimum Gasteiger partial charge on any atom is -0.507 e. The van der Waals surface area contributed by atoms with Gasteiger partial charge in [-0.2, -0.15) is 0 Å². The van der Waals surface area contributed by atoms with E-state index < -0.39 is 17.7 Å². The van der Waals surface area contributed by atoms with Crippen molar-refractivity contribution in [3.63, 3.8) is 0 Å². The van der Waals surface area contributed by atoms with E-state index in [2.05, 4.69) is 0 Å². The second-order valence-corrected chi connectivity index (χ2v) is 8.12. The molecule has 7 heteroatoms. The number of nitrogens with zero attached hydrogens (tertiary/aromatic N) is 1. The predicted molar refractivity (Wildman–Crippen MR) is 117 cm³/mol. The van der Waals surface area contributed by atoms with Crippen molar-refractivity contribution in [1.82, 2.24) is 4.90 Å². The number of hydrogen-bond donors (Lipinski definition) is 2. The molecule has 2 heterocycles. The number of nitrogens with one attached hydrogen (secondary N) is 1. The standard InChI is InChI=1S/C24H30N2O5/c1-5-15-30-18-10-8-17(9-11-18)22(27)20-21(19-12-7-16(2)31-19)26(24(29)23(20)28)14-6-13-25(3)4/h7-12,21,27H,5-6,13-15H2,1-4H3/p+1/t21-/m1/s1. The maximum atomic E-state index is 12.9. The molecule has 1 amide bonds. The molecule has 1 fully saturated rings. The van der Waals surface area contributed by atoms with Gasteiger partial charge in [-0.15, -0.1) is 0 Å². The summed E-state index contributed by atoms with van der Waals surface area (Å²) >= 11 is 0. The minimum absolute atomic E-state index is 0.0544. The number of likely N-dealkylation sites (tertiary alicyclic amines) is 1. The van der Waals surface area contributed by atoms with Crippen LogP contribution >= 0.6 is 0 Å². The number of carbonyl (C=O) groups excluding carboxylic acids is 2. The van der Waals surface area contributed by atoms with Gasteiger partial charge in [-0.3, -0.25) is 9.59 Å². The predicted octanol–water partition coefficient (Wildman–Crippen LogP) is 2.33. The molecule has 31 heavy (non-hydrogen) atoms. The number of furan rings is 1. The molecule has 1 aromatic carbocycles. The van der Waals surface area contributed by atoms with Gasteiger partial charge < -0.3 is 24.1 Å². The van der Waals surface area contributed by atoms with E-state index in [4.69, 9.17) is 9.15 Å². The van der Waals surface area contributed by atoms with Crippen LogP contribution < -0.4 is 9.64 Å². The molecule has 0 spiro atoms. The van der Waals surface area contributed by atoms with E-state index in [1.165, 1.54) is 9.80 Å². The maximum Gasteiger partial charge on any atom is 0.295 e. The van der Waals surface area contributed by atoms with Crippen molar-refractivity contribution in [3.8, 4) is 5.75 Å². The Morgan fingerprint density at radius 1 is 1.16 bits per heavy atom. The highest BCUT2D eigenvalue weighted by Crippen LogP contribution is 2.40. The van der Waals surface area contributed by atoms with E-state index in [0.717, 1.165) is 19.4 Å². The van der Waals surface area contributed by atoms with Crippen LogP contribution in [0.1, 0.15) is 42.9 Å². The number of quaternary nitrogens is 1. The van der Waals surface area contributed by atoms with Crippen molar-refractivity contribution in [3.05, 3.63) is 59.1 Å². The molecule has 3 rings (SSSR count). The van der Waals surface area contributed by atoms with E-state index in [-0.39, 0.29) is 11.3 Å². The second-order valence-electron chi connectivity index (χ2n) is 8.12. The molecular formula is C24H31N2O5+. The lowest BCUT2D eigenvalue weighted by atomic mass is 9.99. The fraction of sp³-hybridized carbons (Fsp3) is 0.417. The van der Waals surface area contributed by atoms with Crippen LogP contribution in [0.2, 0.25) is 0 Å². The molecule has 1 atom stereocenters. The first-order valence-corrected chi connectivity index (χ1v) is 10.7. The van der Waals surface area contributed by atoms with Gasteiger partial charge in [0, 0.05) is 18.5 Å². The molecule has 0 aliphatic carbocycles. The van der Waals surface area contributed by atoms with Crippen molar-refractivity contribution in [2.75, 3.05) is 33.8 Å². The summed E-state index contributed by atoms with van der Waals surface area (Å²) in [6.45, 7) is 5.69. The second kappa shape index (κ2) is 9.83. The fourth-order valence-electron chi connectivity index (χ4n) is 3.69. The van der Waals surface area contributed by atoms with Crippen LogP contribution in [0.4, 0.5) is 0 Å². The van der Waals surface area contributed by atoms with E-state index in [9.17, 15) is 14.7 Å². The zero-order valence-electron chi connectivity index (χ0n) is 18.6. The molecule has 0 bridgehead atoms. The lowest BCUT2D eigenvalue weighted by molar-refractivity contribution is -0.858. The molecule has 7 nitrogen and oxygen atoms in total. The van der Waals surface area contributed by atoms with Crippen LogP contribution in [0, 0.1) is 6.92 Å². The van der Waals surface area contributed by atoms with Gasteiger partial charge in [0.1, 0.15) is 29.1 Å². The average Bonchev–Trinajstić information content (AvgIpc) is 3.28. The number of ether oxygens (including phenoxy) is 1. The Morgan fingerprint density at radius 2 is 1.87 bits per heavy atom. The molecule has 1 saturated heterocycles. The van der Waals surface area contributed by atoms with Crippen LogP contribution in [0.3, 0.4) is 0 Å². The molecule has 0 radical (unpaired) electrons. The third-order valence-electron chi connectivity index (χ3n) is 5.25. The number of aliphatic hydroxyl groups is 1. The number of amides is 1. The molecule has 166 valence electrons. The Morgan fingerprint density at radius 3 is 2.45 bits per heavy atom. The molecule has 1 aromatic heterocycles. The van der Waals surface area contributed by atoms with E-state index in [1.807, 2.05) is 21.0 Å².